The van der Waals surface area contributed by atoms with Crippen molar-refractivity contribution in [2.75, 3.05) is 5.32 Å². The van der Waals surface area contributed by atoms with Crippen LogP contribution in [0, 0.1) is 6.92 Å². The Balaban J connectivity index is 2.07. The summed E-state index contributed by atoms with van der Waals surface area (Å²) in [6, 6.07) is 4.66. The van der Waals surface area contributed by atoms with Crippen molar-refractivity contribution in [1.82, 2.24) is 0 Å². The van der Waals surface area contributed by atoms with Crippen LogP contribution in [0.5, 0.6) is 5.75 Å². The van der Waals surface area contributed by atoms with E-state index in [-0.39, 0.29) is 17.9 Å². The summed E-state index contributed by atoms with van der Waals surface area (Å²) in [5.41, 5.74) is -0.135. The summed E-state index contributed by atoms with van der Waals surface area (Å²) in [5.74, 6) is -0.461. The molecule has 1 amide bonds. The molecular formula is C16H21F2NO3. The lowest BCUT2D eigenvalue weighted by atomic mass is 9.82. The molecule has 1 aliphatic carbocycles. The van der Waals surface area contributed by atoms with E-state index in [4.69, 9.17) is 0 Å². The van der Waals surface area contributed by atoms with Crippen molar-refractivity contribution < 1.29 is 23.4 Å². The van der Waals surface area contributed by atoms with E-state index < -0.39 is 18.1 Å². The molecule has 0 unspecified atom stereocenters. The predicted octanol–water partition coefficient (Wildman–Crippen LogP) is 3.62. The first-order valence-electron chi connectivity index (χ1n) is 7.46. The number of hydrogen-bond donors (Lipinski definition) is 2. The molecule has 2 rings (SSSR count). The molecule has 0 bridgehead atoms. The van der Waals surface area contributed by atoms with Crippen molar-refractivity contribution in [3.8, 4) is 5.75 Å². The van der Waals surface area contributed by atoms with Gasteiger partial charge in [0.2, 0.25) is 5.91 Å². The Hall–Kier alpha value is -1.69. The number of aryl methyl sites for hydroxylation is 1. The third-order valence-corrected chi connectivity index (χ3v) is 3.99. The van der Waals surface area contributed by atoms with Gasteiger partial charge < -0.3 is 15.2 Å². The third-order valence-electron chi connectivity index (χ3n) is 3.99. The lowest BCUT2D eigenvalue weighted by molar-refractivity contribution is -0.122. The molecule has 0 spiro atoms. The molecule has 0 atom stereocenters. The molecule has 122 valence electrons. The average molecular weight is 313 g/mol. The Morgan fingerprint density at radius 1 is 1.36 bits per heavy atom. The first kappa shape index (κ1) is 16.7. The molecular weight excluding hydrogens is 292 g/mol. The highest BCUT2D eigenvalue weighted by molar-refractivity contribution is 5.93. The highest BCUT2D eigenvalue weighted by Crippen LogP contribution is 2.33. The second-order valence-electron chi connectivity index (χ2n) is 5.84. The van der Waals surface area contributed by atoms with Crippen molar-refractivity contribution in [2.24, 2.45) is 0 Å². The number of amides is 1. The smallest absolute Gasteiger partial charge is 0.387 e. The summed E-state index contributed by atoms with van der Waals surface area (Å²) in [5, 5.41) is 13.0. The number of anilines is 1. The minimum atomic E-state index is -2.96. The number of halogens is 2. The van der Waals surface area contributed by atoms with Gasteiger partial charge in [-0.15, -0.1) is 0 Å². The molecule has 4 nitrogen and oxygen atoms in total. The molecule has 0 aromatic heterocycles. The molecule has 1 aromatic rings. The fraction of sp³-hybridized carbons (Fsp3) is 0.562. The lowest BCUT2D eigenvalue weighted by Gasteiger charge is -2.31. The number of alkyl halides is 2. The van der Waals surface area contributed by atoms with Crippen LogP contribution >= 0.6 is 0 Å². The lowest BCUT2D eigenvalue weighted by Crippen LogP contribution is -2.36. The van der Waals surface area contributed by atoms with E-state index >= 15 is 0 Å². The number of benzene rings is 1. The standard InChI is InChI=1S/C16H21F2NO3/c1-11-6-5-7-12(22-15(17)18)14(11)19-13(20)10-16(21)8-3-2-4-9-16/h5-7,15,21H,2-4,8-10H2,1H3,(H,19,20). The first-order chi connectivity index (χ1) is 10.4. The average Bonchev–Trinajstić information content (AvgIpc) is 2.42. The quantitative estimate of drug-likeness (QED) is 0.873. The number of para-hydroxylation sites is 1. The number of aliphatic hydroxyl groups is 1. The van der Waals surface area contributed by atoms with Crippen LogP contribution in [0.15, 0.2) is 18.2 Å². The van der Waals surface area contributed by atoms with E-state index in [2.05, 4.69) is 10.1 Å². The fourth-order valence-electron chi connectivity index (χ4n) is 2.86. The highest BCUT2D eigenvalue weighted by Gasteiger charge is 2.32. The van der Waals surface area contributed by atoms with Gasteiger partial charge in [-0.3, -0.25) is 4.79 Å². The number of ether oxygens (including phenoxy) is 1. The Morgan fingerprint density at radius 3 is 2.68 bits per heavy atom. The maximum absolute atomic E-state index is 12.4. The maximum atomic E-state index is 12.4. The van der Waals surface area contributed by atoms with Gasteiger partial charge in [0.15, 0.2) is 0 Å². The predicted molar refractivity (Wildman–Crippen MR) is 79.1 cm³/mol. The molecule has 1 aromatic carbocycles. The zero-order valence-corrected chi connectivity index (χ0v) is 12.6. The summed E-state index contributed by atoms with van der Waals surface area (Å²) in [6.45, 7) is -1.26. The van der Waals surface area contributed by atoms with Crippen molar-refractivity contribution in [3.63, 3.8) is 0 Å². The normalized spacial score (nSPS) is 17.3. The first-order valence-corrected chi connectivity index (χ1v) is 7.46. The monoisotopic (exact) mass is 313 g/mol. The molecule has 22 heavy (non-hydrogen) atoms. The summed E-state index contributed by atoms with van der Waals surface area (Å²) < 4.78 is 29.3. The van der Waals surface area contributed by atoms with Crippen LogP contribution in [0.1, 0.15) is 44.1 Å². The van der Waals surface area contributed by atoms with Crippen molar-refractivity contribution in [2.45, 2.75) is 57.7 Å². The largest absolute Gasteiger partial charge is 0.433 e. The molecule has 0 heterocycles. The van der Waals surface area contributed by atoms with E-state index in [1.807, 2.05) is 0 Å². The van der Waals surface area contributed by atoms with E-state index in [0.717, 1.165) is 19.3 Å². The van der Waals surface area contributed by atoms with Crippen LogP contribution in [0.25, 0.3) is 0 Å². The van der Waals surface area contributed by atoms with Gasteiger partial charge in [0.1, 0.15) is 5.75 Å². The van der Waals surface area contributed by atoms with E-state index in [0.29, 0.717) is 18.4 Å². The Labute approximate surface area is 128 Å². The van der Waals surface area contributed by atoms with Gasteiger partial charge in [0.05, 0.1) is 17.7 Å². The number of hydrogen-bond acceptors (Lipinski definition) is 3. The number of carbonyl (C=O) groups is 1. The number of nitrogens with one attached hydrogen (secondary N) is 1. The fourth-order valence-corrected chi connectivity index (χ4v) is 2.86. The SMILES string of the molecule is Cc1cccc(OC(F)F)c1NC(=O)CC1(O)CCCCC1. The van der Waals surface area contributed by atoms with Crippen LogP contribution in [0.2, 0.25) is 0 Å². The van der Waals surface area contributed by atoms with Crippen molar-refractivity contribution in [3.05, 3.63) is 23.8 Å². The molecule has 1 fully saturated rings. The van der Waals surface area contributed by atoms with E-state index in [1.54, 1.807) is 19.1 Å². The van der Waals surface area contributed by atoms with Gasteiger partial charge in [0, 0.05) is 0 Å². The van der Waals surface area contributed by atoms with Gasteiger partial charge >= 0.3 is 6.61 Å². The molecule has 0 radical (unpaired) electrons. The van der Waals surface area contributed by atoms with Gasteiger partial charge in [0.25, 0.3) is 0 Å². The molecule has 1 saturated carbocycles. The van der Waals surface area contributed by atoms with Crippen molar-refractivity contribution >= 4 is 11.6 Å². The molecule has 1 aliphatic rings. The van der Waals surface area contributed by atoms with Crippen LogP contribution < -0.4 is 10.1 Å². The third kappa shape index (κ3) is 4.40. The van der Waals surface area contributed by atoms with Gasteiger partial charge in [-0.1, -0.05) is 31.4 Å². The zero-order valence-electron chi connectivity index (χ0n) is 12.6. The Bertz CT molecular complexity index is 528. The van der Waals surface area contributed by atoms with Crippen LogP contribution in [0.3, 0.4) is 0 Å². The van der Waals surface area contributed by atoms with Gasteiger partial charge in [-0.2, -0.15) is 8.78 Å². The topological polar surface area (TPSA) is 58.6 Å². The minimum absolute atomic E-state index is 0.0323. The summed E-state index contributed by atoms with van der Waals surface area (Å²) in [7, 11) is 0. The van der Waals surface area contributed by atoms with Gasteiger partial charge in [-0.25, -0.2) is 0 Å². The van der Waals surface area contributed by atoms with Gasteiger partial charge in [-0.05, 0) is 31.4 Å². The summed E-state index contributed by atoms with van der Waals surface area (Å²) in [6.07, 6.45) is 4.01. The number of rotatable bonds is 5. The van der Waals surface area contributed by atoms with Crippen LogP contribution in [0.4, 0.5) is 14.5 Å². The van der Waals surface area contributed by atoms with E-state index in [9.17, 15) is 18.7 Å². The highest BCUT2D eigenvalue weighted by atomic mass is 19.3. The summed E-state index contributed by atoms with van der Waals surface area (Å²) in [4.78, 5) is 12.2. The molecule has 0 saturated heterocycles. The Kier molecular flexibility index (Phi) is 5.34. The summed E-state index contributed by atoms with van der Waals surface area (Å²) >= 11 is 0. The van der Waals surface area contributed by atoms with E-state index in [1.165, 1.54) is 6.07 Å². The van der Waals surface area contributed by atoms with Crippen LogP contribution in [-0.2, 0) is 4.79 Å². The maximum Gasteiger partial charge on any atom is 0.387 e. The molecule has 0 aliphatic heterocycles. The number of carbonyl (C=O) groups excluding carboxylic acids is 1. The minimum Gasteiger partial charge on any atom is -0.433 e. The Morgan fingerprint density at radius 2 is 2.05 bits per heavy atom. The van der Waals surface area contributed by atoms with Crippen molar-refractivity contribution in [1.29, 1.82) is 0 Å². The second kappa shape index (κ2) is 7.05. The zero-order chi connectivity index (χ0) is 16.2. The van der Waals surface area contributed by atoms with Crippen LogP contribution in [-0.4, -0.2) is 23.2 Å². The molecule has 6 heteroatoms. The second-order valence-corrected chi connectivity index (χ2v) is 5.84. The molecule has 2 N–H and O–H groups in total.